The Morgan fingerprint density at radius 1 is 1.12 bits per heavy atom. The maximum atomic E-state index is 14.0. The predicted molar refractivity (Wildman–Crippen MR) is 154 cm³/mol. The Balaban J connectivity index is 1.27. The maximum Gasteiger partial charge on any atom is 0.420 e. The van der Waals surface area contributed by atoms with Crippen LogP contribution in [0.25, 0.3) is 10.6 Å². The van der Waals surface area contributed by atoms with E-state index in [9.17, 15) is 21.6 Å². The Morgan fingerprint density at radius 2 is 1.93 bits per heavy atom. The standard InChI is InChI=1S/C28H32F3N5O4S2/c1-2-18-13-19(36-6-5-20(16-36)35-7-9-39-10-8-35)3-4-22(18)33-27-32-15-21(28(29,30)31)26(34-27)23-14-25-24(41-23)17-40-11-12-42(25,37)38/h3-4,13-15,20H,2,5-12,16-17H2,1H3,(H,32,33,34). The van der Waals surface area contributed by atoms with Crippen molar-refractivity contribution in [2.24, 2.45) is 0 Å². The summed E-state index contributed by atoms with van der Waals surface area (Å²) in [5, 5.41) is 3.11. The summed E-state index contributed by atoms with van der Waals surface area (Å²) in [6.07, 6.45) is -2.20. The molecule has 0 spiro atoms. The van der Waals surface area contributed by atoms with Crippen molar-refractivity contribution in [1.82, 2.24) is 14.9 Å². The number of halogens is 3. The Hall–Kier alpha value is -2.78. The van der Waals surface area contributed by atoms with Gasteiger partial charge in [0, 0.05) is 54.7 Å². The highest BCUT2D eigenvalue weighted by Crippen LogP contribution is 2.42. The molecule has 3 aliphatic rings. The van der Waals surface area contributed by atoms with Gasteiger partial charge >= 0.3 is 6.18 Å². The third kappa shape index (κ3) is 6.00. The first kappa shape index (κ1) is 29.3. The third-order valence-corrected chi connectivity index (χ3v) is 11.0. The Morgan fingerprint density at radius 3 is 2.69 bits per heavy atom. The molecule has 1 N–H and O–H groups in total. The normalized spacial score (nSPS) is 21.2. The molecule has 2 saturated heterocycles. The predicted octanol–water partition coefficient (Wildman–Crippen LogP) is 4.74. The highest BCUT2D eigenvalue weighted by Gasteiger charge is 2.37. The number of sulfone groups is 1. The Labute approximate surface area is 246 Å². The summed E-state index contributed by atoms with van der Waals surface area (Å²) in [7, 11) is -3.67. The van der Waals surface area contributed by atoms with Crippen LogP contribution in [-0.2, 0) is 38.5 Å². The minimum absolute atomic E-state index is 0.00266. The molecule has 0 saturated carbocycles. The second-order valence-electron chi connectivity index (χ2n) is 10.6. The molecule has 3 aliphatic heterocycles. The molecule has 1 atom stereocenters. The number of nitrogens with zero attached hydrogens (tertiary/aromatic N) is 4. The molecule has 2 aromatic heterocycles. The average Bonchev–Trinajstić information content (AvgIpc) is 3.61. The van der Waals surface area contributed by atoms with Crippen LogP contribution in [0.5, 0.6) is 0 Å². The van der Waals surface area contributed by atoms with Gasteiger partial charge in [-0.3, -0.25) is 4.90 Å². The molecule has 1 aromatic carbocycles. The van der Waals surface area contributed by atoms with Gasteiger partial charge in [0.05, 0.1) is 47.6 Å². The van der Waals surface area contributed by atoms with Gasteiger partial charge in [-0.2, -0.15) is 13.2 Å². The minimum atomic E-state index is -4.73. The molecule has 3 aromatic rings. The van der Waals surface area contributed by atoms with E-state index in [-0.39, 0.29) is 40.4 Å². The van der Waals surface area contributed by atoms with E-state index in [1.165, 1.54) is 6.07 Å². The number of anilines is 3. The lowest BCUT2D eigenvalue weighted by Gasteiger charge is -2.32. The molecular formula is C28H32F3N5O4S2. The van der Waals surface area contributed by atoms with Crippen molar-refractivity contribution < 1.29 is 31.1 Å². The van der Waals surface area contributed by atoms with Crippen LogP contribution in [0.2, 0.25) is 0 Å². The fourth-order valence-electron chi connectivity index (χ4n) is 5.70. The van der Waals surface area contributed by atoms with Crippen LogP contribution in [0.3, 0.4) is 0 Å². The molecule has 2 fully saturated rings. The summed E-state index contributed by atoms with van der Waals surface area (Å²) in [4.78, 5) is 13.6. The van der Waals surface area contributed by atoms with Crippen LogP contribution >= 0.6 is 11.3 Å². The number of thiophene rings is 1. The van der Waals surface area contributed by atoms with Crippen LogP contribution in [0.1, 0.15) is 29.3 Å². The fourth-order valence-corrected chi connectivity index (χ4v) is 8.54. The molecule has 0 bridgehead atoms. The number of nitrogens with one attached hydrogen (secondary N) is 1. The number of benzene rings is 1. The van der Waals surface area contributed by atoms with Gasteiger partial charge in [0.25, 0.3) is 0 Å². The van der Waals surface area contributed by atoms with Gasteiger partial charge in [0.15, 0.2) is 9.84 Å². The van der Waals surface area contributed by atoms with Crippen molar-refractivity contribution in [3.8, 4) is 10.6 Å². The van der Waals surface area contributed by atoms with E-state index in [4.69, 9.17) is 9.47 Å². The lowest BCUT2D eigenvalue weighted by atomic mass is 10.1. The SMILES string of the molecule is CCc1cc(N2CCC(N3CCOCC3)C2)ccc1Nc1ncc(C(F)(F)F)c(-c2cc3c(s2)COCCS3(=O)=O)n1. The van der Waals surface area contributed by atoms with Gasteiger partial charge in [-0.1, -0.05) is 6.92 Å². The van der Waals surface area contributed by atoms with Crippen LogP contribution < -0.4 is 10.2 Å². The first-order valence-electron chi connectivity index (χ1n) is 14.0. The molecule has 14 heteroatoms. The van der Waals surface area contributed by atoms with Crippen molar-refractivity contribution in [3.05, 3.63) is 46.5 Å². The summed E-state index contributed by atoms with van der Waals surface area (Å²) < 4.78 is 78.2. The van der Waals surface area contributed by atoms with Crippen molar-refractivity contribution >= 4 is 38.5 Å². The largest absolute Gasteiger partial charge is 0.420 e. The molecule has 0 radical (unpaired) electrons. The first-order valence-corrected chi connectivity index (χ1v) is 16.4. The van der Waals surface area contributed by atoms with E-state index in [2.05, 4.69) is 31.2 Å². The lowest BCUT2D eigenvalue weighted by molar-refractivity contribution is -0.137. The number of aryl methyl sites for hydroxylation is 1. The highest BCUT2D eigenvalue weighted by molar-refractivity contribution is 7.91. The van der Waals surface area contributed by atoms with E-state index >= 15 is 0 Å². The molecule has 0 amide bonds. The van der Waals surface area contributed by atoms with E-state index in [0.717, 1.165) is 74.6 Å². The van der Waals surface area contributed by atoms with Gasteiger partial charge in [-0.25, -0.2) is 18.4 Å². The van der Waals surface area contributed by atoms with E-state index in [0.29, 0.717) is 23.0 Å². The van der Waals surface area contributed by atoms with Gasteiger partial charge in [-0.15, -0.1) is 11.3 Å². The Bertz CT molecular complexity index is 1560. The van der Waals surface area contributed by atoms with Gasteiger partial charge in [0.1, 0.15) is 5.56 Å². The summed E-state index contributed by atoms with van der Waals surface area (Å²) in [5.41, 5.74) is 1.39. The van der Waals surface area contributed by atoms with Gasteiger partial charge in [0.2, 0.25) is 5.95 Å². The molecule has 6 rings (SSSR count). The van der Waals surface area contributed by atoms with Crippen molar-refractivity contribution in [1.29, 1.82) is 0 Å². The molecular weight excluding hydrogens is 591 g/mol. The lowest BCUT2D eigenvalue weighted by Crippen LogP contribution is -2.44. The summed E-state index contributed by atoms with van der Waals surface area (Å²) in [6, 6.07) is 7.79. The number of aromatic nitrogens is 2. The summed E-state index contributed by atoms with van der Waals surface area (Å²) >= 11 is 0.945. The number of hydrogen-bond acceptors (Lipinski definition) is 10. The van der Waals surface area contributed by atoms with Gasteiger partial charge < -0.3 is 19.7 Å². The van der Waals surface area contributed by atoms with Crippen LogP contribution in [0, 0.1) is 0 Å². The smallest absolute Gasteiger partial charge is 0.379 e. The summed E-state index contributed by atoms with van der Waals surface area (Å²) in [6.45, 7) is 7.42. The van der Waals surface area contributed by atoms with E-state index < -0.39 is 21.6 Å². The number of rotatable bonds is 6. The van der Waals surface area contributed by atoms with Crippen LogP contribution in [0.15, 0.2) is 35.4 Å². The third-order valence-electron chi connectivity index (χ3n) is 7.97. The molecule has 42 heavy (non-hydrogen) atoms. The zero-order valence-corrected chi connectivity index (χ0v) is 24.7. The van der Waals surface area contributed by atoms with Crippen molar-refractivity contribution in [3.63, 3.8) is 0 Å². The molecule has 5 heterocycles. The van der Waals surface area contributed by atoms with Crippen LogP contribution in [-0.4, -0.2) is 81.1 Å². The zero-order chi connectivity index (χ0) is 29.5. The monoisotopic (exact) mass is 623 g/mol. The first-order chi connectivity index (χ1) is 20.1. The Kier molecular flexibility index (Phi) is 8.17. The van der Waals surface area contributed by atoms with Crippen molar-refractivity contribution in [2.75, 3.05) is 62.0 Å². The summed E-state index contributed by atoms with van der Waals surface area (Å²) in [5.74, 6) is -0.225. The minimum Gasteiger partial charge on any atom is -0.379 e. The molecule has 0 aliphatic carbocycles. The van der Waals surface area contributed by atoms with E-state index in [1.807, 2.05) is 19.1 Å². The molecule has 226 valence electrons. The van der Waals surface area contributed by atoms with Gasteiger partial charge in [-0.05, 0) is 42.7 Å². The average molecular weight is 624 g/mol. The molecule has 1 unspecified atom stereocenters. The number of ether oxygens (including phenoxy) is 2. The fraction of sp³-hybridized carbons (Fsp3) is 0.500. The number of morpholine rings is 1. The topological polar surface area (TPSA) is 96.9 Å². The number of alkyl halides is 3. The second-order valence-corrected chi connectivity index (χ2v) is 13.8. The second kappa shape index (κ2) is 11.7. The number of hydrogen-bond donors (Lipinski definition) is 1. The van der Waals surface area contributed by atoms with Crippen LogP contribution in [0.4, 0.5) is 30.5 Å². The number of fused-ring (bicyclic) bond motifs is 1. The highest BCUT2D eigenvalue weighted by atomic mass is 32.2. The zero-order valence-electron chi connectivity index (χ0n) is 23.1. The van der Waals surface area contributed by atoms with E-state index in [1.54, 1.807) is 0 Å². The molecule has 9 nitrogen and oxygen atoms in total. The van der Waals surface area contributed by atoms with Crippen molar-refractivity contribution in [2.45, 2.75) is 43.5 Å². The maximum absolute atomic E-state index is 14.0. The quantitative estimate of drug-likeness (QED) is 0.418.